The first kappa shape index (κ1) is 14.3. The molecule has 2 rings (SSSR count). The molecule has 106 valence electrons. The van der Waals surface area contributed by atoms with Gasteiger partial charge in [-0.3, -0.25) is 0 Å². The van der Waals surface area contributed by atoms with Crippen LogP contribution in [0.2, 0.25) is 0 Å². The first-order valence-corrected chi connectivity index (χ1v) is 7.20. The van der Waals surface area contributed by atoms with Gasteiger partial charge in [0.15, 0.2) is 0 Å². The van der Waals surface area contributed by atoms with Crippen molar-refractivity contribution in [3.8, 4) is 0 Å². The second kappa shape index (κ2) is 6.87. The maximum absolute atomic E-state index is 5.78. The molecule has 0 aliphatic carbocycles. The molecule has 4 heteroatoms. The molecule has 0 amide bonds. The molecule has 1 fully saturated rings. The highest BCUT2D eigenvalue weighted by Gasteiger charge is 2.21. The van der Waals surface area contributed by atoms with Crippen molar-refractivity contribution < 1.29 is 4.74 Å². The molecule has 1 aliphatic rings. The topological polar surface area (TPSA) is 51.4 Å². The van der Waals surface area contributed by atoms with E-state index < -0.39 is 0 Å². The van der Waals surface area contributed by atoms with Crippen LogP contribution in [0.5, 0.6) is 0 Å². The lowest BCUT2D eigenvalue weighted by Gasteiger charge is -2.33. The van der Waals surface area contributed by atoms with Gasteiger partial charge in [-0.15, -0.1) is 0 Å². The van der Waals surface area contributed by atoms with Gasteiger partial charge in [-0.1, -0.05) is 6.92 Å². The van der Waals surface area contributed by atoms with Crippen molar-refractivity contribution in [2.75, 3.05) is 31.7 Å². The summed E-state index contributed by atoms with van der Waals surface area (Å²) < 4.78 is 5.29. The summed E-state index contributed by atoms with van der Waals surface area (Å²) in [7, 11) is 1.78. The van der Waals surface area contributed by atoms with Gasteiger partial charge in [0.1, 0.15) is 5.82 Å². The third-order valence-corrected chi connectivity index (χ3v) is 3.77. The van der Waals surface area contributed by atoms with E-state index in [0.717, 1.165) is 37.6 Å². The summed E-state index contributed by atoms with van der Waals surface area (Å²) in [5, 5.41) is 0. The van der Waals surface area contributed by atoms with Crippen LogP contribution in [0.25, 0.3) is 0 Å². The van der Waals surface area contributed by atoms with Gasteiger partial charge in [-0.25, -0.2) is 4.98 Å². The number of nitrogens with two attached hydrogens (primary N) is 1. The van der Waals surface area contributed by atoms with Crippen molar-refractivity contribution in [2.45, 2.75) is 32.7 Å². The lowest BCUT2D eigenvalue weighted by Crippen LogP contribution is -2.37. The van der Waals surface area contributed by atoms with Crippen molar-refractivity contribution in [1.82, 2.24) is 4.98 Å². The highest BCUT2D eigenvalue weighted by Crippen LogP contribution is 2.23. The molecular weight excluding hydrogens is 238 g/mol. The number of aromatic nitrogens is 1. The number of anilines is 1. The molecule has 2 heterocycles. The molecule has 19 heavy (non-hydrogen) atoms. The number of hydrogen-bond acceptors (Lipinski definition) is 4. The third-order valence-electron chi connectivity index (χ3n) is 3.77. The Hall–Kier alpha value is -1.13. The number of methoxy groups -OCH3 is 1. The molecule has 2 N–H and O–H groups in total. The second-order valence-corrected chi connectivity index (χ2v) is 5.29. The van der Waals surface area contributed by atoms with Crippen LogP contribution in [-0.4, -0.2) is 31.8 Å². The zero-order chi connectivity index (χ0) is 13.7. The molecule has 1 atom stereocenters. The molecule has 1 aliphatic heterocycles. The molecule has 1 aromatic heterocycles. The fraction of sp³-hybridized carbons (Fsp3) is 0.667. The molecule has 4 nitrogen and oxygen atoms in total. The number of hydrogen-bond donors (Lipinski definition) is 1. The highest BCUT2D eigenvalue weighted by atomic mass is 16.5. The predicted molar refractivity (Wildman–Crippen MR) is 78.3 cm³/mol. The zero-order valence-electron chi connectivity index (χ0n) is 12.1. The molecule has 0 radical (unpaired) electrons. The van der Waals surface area contributed by atoms with Crippen LogP contribution in [0.3, 0.4) is 0 Å². The molecule has 1 aromatic rings. The van der Waals surface area contributed by atoms with Gasteiger partial charge < -0.3 is 15.4 Å². The van der Waals surface area contributed by atoms with Crippen LogP contribution in [0.15, 0.2) is 12.1 Å². The summed E-state index contributed by atoms with van der Waals surface area (Å²) in [5.41, 5.74) is 8.09. The first-order valence-electron chi connectivity index (χ1n) is 7.20. The standard InChI is InChI=1S/C15H25N3O/c1-3-14-7-13(9-16)8-15(17-14)18-6-4-5-12(10-18)11-19-2/h7-8,12H,3-6,9-11,16H2,1-2H3. The lowest BCUT2D eigenvalue weighted by atomic mass is 9.99. The number of aryl methyl sites for hydroxylation is 1. The number of piperidine rings is 1. The van der Waals surface area contributed by atoms with E-state index in [9.17, 15) is 0 Å². The molecule has 0 aromatic carbocycles. The quantitative estimate of drug-likeness (QED) is 0.882. The Kier molecular flexibility index (Phi) is 5.16. The van der Waals surface area contributed by atoms with E-state index in [1.807, 2.05) is 0 Å². The Morgan fingerprint density at radius 2 is 2.32 bits per heavy atom. The first-order chi connectivity index (χ1) is 9.26. The minimum atomic E-state index is 0.581. The lowest BCUT2D eigenvalue weighted by molar-refractivity contribution is 0.143. The summed E-state index contributed by atoms with van der Waals surface area (Å²) in [6.07, 6.45) is 3.42. The van der Waals surface area contributed by atoms with E-state index in [2.05, 4.69) is 24.0 Å². The minimum Gasteiger partial charge on any atom is -0.384 e. The Labute approximate surface area is 116 Å². The highest BCUT2D eigenvalue weighted by molar-refractivity contribution is 5.43. The van der Waals surface area contributed by atoms with Crippen LogP contribution in [-0.2, 0) is 17.7 Å². The van der Waals surface area contributed by atoms with E-state index in [4.69, 9.17) is 15.5 Å². The van der Waals surface area contributed by atoms with E-state index in [-0.39, 0.29) is 0 Å². The summed E-state index contributed by atoms with van der Waals surface area (Å²) in [6, 6.07) is 4.24. The van der Waals surface area contributed by atoms with E-state index in [1.165, 1.54) is 18.4 Å². The maximum atomic E-state index is 5.78. The van der Waals surface area contributed by atoms with Gasteiger partial charge in [0, 0.05) is 32.4 Å². The third kappa shape index (κ3) is 3.67. The van der Waals surface area contributed by atoms with Crippen LogP contribution in [0, 0.1) is 5.92 Å². The van der Waals surface area contributed by atoms with Gasteiger partial charge in [-0.2, -0.15) is 0 Å². The van der Waals surface area contributed by atoms with Gasteiger partial charge in [-0.05, 0) is 42.9 Å². The number of nitrogens with zero attached hydrogens (tertiary/aromatic N) is 2. The van der Waals surface area contributed by atoms with Gasteiger partial charge >= 0.3 is 0 Å². The Morgan fingerprint density at radius 3 is 3.00 bits per heavy atom. The average Bonchev–Trinajstić information content (AvgIpc) is 2.47. The Bertz CT molecular complexity index is 384. The Balaban J connectivity index is 2.15. The van der Waals surface area contributed by atoms with Crippen molar-refractivity contribution >= 4 is 5.82 Å². The molecule has 0 saturated carbocycles. The molecular formula is C15H25N3O. The monoisotopic (exact) mass is 263 g/mol. The van der Waals surface area contributed by atoms with E-state index in [0.29, 0.717) is 12.5 Å². The summed E-state index contributed by atoms with van der Waals surface area (Å²) in [4.78, 5) is 7.13. The SMILES string of the molecule is CCc1cc(CN)cc(N2CCCC(COC)C2)n1. The fourth-order valence-corrected chi connectivity index (χ4v) is 2.74. The van der Waals surface area contributed by atoms with Crippen molar-refractivity contribution in [3.63, 3.8) is 0 Å². The van der Waals surface area contributed by atoms with E-state index in [1.54, 1.807) is 7.11 Å². The molecule has 0 bridgehead atoms. The van der Waals surface area contributed by atoms with Crippen molar-refractivity contribution in [2.24, 2.45) is 11.7 Å². The van der Waals surface area contributed by atoms with Gasteiger partial charge in [0.2, 0.25) is 0 Å². The van der Waals surface area contributed by atoms with Crippen LogP contribution in [0.1, 0.15) is 31.0 Å². The maximum Gasteiger partial charge on any atom is 0.129 e. The summed E-state index contributed by atoms with van der Waals surface area (Å²) in [6.45, 7) is 5.68. The minimum absolute atomic E-state index is 0.581. The molecule has 1 saturated heterocycles. The fourth-order valence-electron chi connectivity index (χ4n) is 2.74. The Morgan fingerprint density at radius 1 is 1.47 bits per heavy atom. The summed E-state index contributed by atoms with van der Waals surface area (Å²) >= 11 is 0. The number of pyridine rings is 1. The van der Waals surface area contributed by atoms with Crippen molar-refractivity contribution in [1.29, 1.82) is 0 Å². The number of ether oxygens (including phenoxy) is 1. The van der Waals surface area contributed by atoms with Crippen LogP contribution < -0.4 is 10.6 Å². The predicted octanol–water partition coefficient (Wildman–Crippen LogP) is 1.97. The smallest absolute Gasteiger partial charge is 0.129 e. The largest absolute Gasteiger partial charge is 0.384 e. The van der Waals surface area contributed by atoms with Crippen molar-refractivity contribution in [3.05, 3.63) is 23.4 Å². The van der Waals surface area contributed by atoms with Crippen LogP contribution >= 0.6 is 0 Å². The summed E-state index contributed by atoms with van der Waals surface area (Å²) in [5.74, 6) is 1.70. The van der Waals surface area contributed by atoms with Gasteiger partial charge in [0.05, 0.1) is 6.61 Å². The normalized spacial score (nSPS) is 19.7. The molecule has 1 unspecified atom stereocenters. The zero-order valence-corrected chi connectivity index (χ0v) is 12.1. The second-order valence-electron chi connectivity index (χ2n) is 5.29. The number of rotatable bonds is 5. The molecule has 0 spiro atoms. The average molecular weight is 263 g/mol. The van der Waals surface area contributed by atoms with Gasteiger partial charge in [0.25, 0.3) is 0 Å². The van der Waals surface area contributed by atoms with Crippen LogP contribution in [0.4, 0.5) is 5.82 Å². The van der Waals surface area contributed by atoms with E-state index >= 15 is 0 Å².